The molecule has 0 N–H and O–H groups in total. The third-order valence-corrected chi connectivity index (χ3v) is 8.79. The smallest absolute Gasteiger partial charge is 0.0700 e. The molecule has 0 saturated heterocycles. The molecule has 1 aliphatic heterocycles. The van der Waals surface area contributed by atoms with Crippen molar-refractivity contribution in [2.45, 2.75) is 19.6 Å². The fraction of sp³-hybridized carbons (Fsp3) is 0.500. The Balaban J connectivity index is 1.44. The summed E-state index contributed by atoms with van der Waals surface area (Å²) >= 11 is 7.39. The van der Waals surface area contributed by atoms with Gasteiger partial charge in [-0.3, -0.25) is 0 Å². The fourth-order valence-corrected chi connectivity index (χ4v) is 6.80. The molecule has 1 aliphatic rings. The van der Waals surface area contributed by atoms with Crippen LogP contribution >= 0.6 is 47.0 Å². The van der Waals surface area contributed by atoms with Gasteiger partial charge >= 0.3 is 0 Å². The van der Waals surface area contributed by atoms with Crippen LogP contribution in [0, 0.1) is 0 Å². The van der Waals surface area contributed by atoms with Crippen LogP contribution in [0.3, 0.4) is 0 Å². The van der Waals surface area contributed by atoms with Gasteiger partial charge in [-0.05, 0) is 24.3 Å². The molecule has 32 heavy (non-hydrogen) atoms. The van der Waals surface area contributed by atoms with Crippen molar-refractivity contribution < 1.29 is 18.9 Å². The van der Waals surface area contributed by atoms with Gasteiger partial charge in [0.1, 0.15) is 0 Å². The molecule has 2 aromatic carbocycles. The van der Waals surface area contributed by atoms with Crippen molar-refractivity contribution in [3.8, 4) is 0 Å². The van der Waals surface area contributed by atoms with E-state index in [1.54, 1.807) is 0 Å². The zero-order valence-electron chi connectivity index (χ0n) is 18.4. The van der Waals surface area contributed by atoms with Crippen molar-refractivity contribution in [3.05, 3.63) is 48.5 Å². The van der Waals surface area contributed by atoms with Crippen LogP contribution < -0.4 is 0 Å². The van der Waals surface area contributed by atoms with Gasteiger partial charge in [-0.15, -0.1) is 47.0 Å². The molecule has 2 aromatic rings. The maximum atomic E-state index is 5.75. The zero-order valence-corrected chi connectivity index (χ0v) is 21.6. The van der Waals surface area contributed by atoms with Gasteiger partial charge in [-0.1, -0.05) is 24.3 Å². The molecular weight excluding hydrogens is 481 g/mol. The molecule has 0 amide bonds. The molecule has 0 radical (unpaired) electrons. The van der Waals surface area contributed by atoms with Crippen molar-refractivity contribution in [1.82, 2.24) is 0 Å². The van der Waals surface area contributed by atoms with Gasteiger partial charge in [-0.25, -0.2) is 0 Å². The number of hydrogen-bond donors (Lipinski definition) is 0. The zero-order chi connectivity index (χ0) is 22.1. The highest BCUT2D eigenvalue weighted by Gasteiger charge is 2.05. The molecule has 0 spiro atoms. The number of ether oxygens (including phenoxy) is 4. The number of thioether (sulfide) groups is 4. The molecule has 3 rings (SSSR count). The van der Waals surface area contributed by atoms with Crippen LogP contribution in [0.2, 0.25) is 0 Å². The lowest BCUT2D eigenvalue weighted by Crippen LogP contribution is -2.08. The van der Waals surface area contributed by atoms with E-state index < -0.39 is 0 Å². The summed E-state index contributed by atoms with van der Waals surface area (Å²) in [5.41, 5.74) is 0. The molecule has 0 fully saturated rings. The van der Waals surface area contributed by atoms with Gasteiger partial charge in [0.15, 0.2) is 0 Å². The first-order valence-electron chi connectivity index (χ1n) is 10.9. The Bertz CT molecular complexity index is 637. The monoisotopic (exact) mass is 512 g/mol. The molecule has 0 aliphatic carbocycles. The Hall–Kier alpha value is -0.320. The summed E-state index contributed by atoms with van der Waals surface area (Å²) < 4.78 is 23.0. The van der Waals surface area contributed by atoms with Gasteiger partial charge in [-0.2, -0.15) is 0 Å². The molecule has 4 nitrogen and oxygen atoms in total. The van der Waals surface area contributed by atoms with Crippen molar-refractivity contribution in [1.29, 1.82) is 0 Å². The predicted octanol–water partition coefficient (Wildman–Crippen LogP) is 5.84. The van der Waals surface area contributed by atoms with Crippen LogP contribution in [0.4, 0.5) is 0 Å². The Labute approximate surface area is 209 Å². The molecule has 1 heterocycles. The molecule has 0 saturated carbocycles. The van der Waals surface area contributed by atoms with Crippen molar-refractivity contribution >= 4 is 47.0 Å². The minimum Gasteiger partial charge on any atom is -0.378 e. The summed E-state index contributed by atoms with van der Waals surface area (Å²) in [6.07, 6.45) is 0. The lowest BCUT2D eigenvalue weighted by atomic mass is 10.4. The second kappa shape index (κ2) is 17.2. The summed E-state index contributed by atoms with van der Waals surface area (Å²) in [6, 6.07) is 17.1. The summed E-state index contributed by atoms with van der Waals surface area (Å²) in [6.45, 7) is 5.50. The quantitative estimate of drug-likeness (QED) is 0.436. The van der Waals surface area contributed by atoms with Gasteiger partial charge in [0.2, 0.25) is 0 Å². The average molecular weight is 513 g/mol. The van der Waals surface area contributed by atoms with Gasteiger partial charge in [0, 0.05) is 42.6 Å². The summed E-state index contributed by atoms with van der Waals surface area (Å²) in [7, 11) is 0. The Morgan fingerprint density at radius 2 is 0.625 bits per heavy atom. The van der Waals surface area contributed by atoms with Crippen LogP contribution in [-0.2, 0) is 18.9 Å². The molecule has 0 atom stereocenters. The SMILES string of the molecule is c1ccc2c(c1)SCCOCCOCCSc1ccccc1SCCOCCOCCS2. The lowest BCUT2D eigenvalue weighted by molar-refractivity contribution is 0.0604. The highest BCUT2D eigenvalue weighted by Crippen LogP contribution is 2.31. The van der Waals surface area contributed by atoms with E-state index in [2.05, 4.69) is 48.5 Å². The van der Waals surface area contributed by atoms with Crippen LogP contribution in [0.1, 0.15) is 0 Å². The predicted molar refractivity (Wildman–Crippen MR) is 139 cm³/mol. The Morgan fingerprint density at radius 3 is 0.875 bits per heavy atom. The van der Waals surface area contributed by atoms with E-state index >= 15 is 0 Å². The largest absolute Gasteiger partial charge is 0.378 e. The molecule has 0 aromatic heterocycles. The van der Waals surface area contributed by atoms with E-state index in [-0.39, 0.29) is 0 Å². The summed E-state index contributed by atoms with van der Waals surface area (Å²) in [4.78, 5) is 5.24. The lowest BCUT2D eigenvalue weighted by Gasteiger charge is -2.11. The summed E-state index contributed by atoms with van der Waals surface area (Å²) in [5, 5.41) is 0. The van der Waals surface area contributed by atoms with E-state index in [1.165, 1.54) is 19.6 Å². The van der Waals surface area contributed by atoms with Gasteiger partial charge < -0.3 is 18.9 Å². The highest BCUT2D eigenvalue weighted by molar-refractivity contribution is 8.02. The second-order valence-corrected chi connectivity index (χ2v) is 11.3. The number of rotatable bonds is 0. The van der Waals surface area contributed by atoms with E-state index in [0.29, 0.717) is 26.4 Å². The molecule has 176 valence electrons. The summed E-state index contributed by atoms with van der Waals surface area (Å²) in [5.74, 6) is 3.76. The van der Waals surface area contributed by atoms with Crippen molar-refractivity contribution in [2.75, 3.05) is 75.9 Å². The minimum atomic E-state index is 0.644. The van der Waals surface area contributed by atoms with E-state index in [0.717, 1.165) is 49.4 Å². The van der Waals surface area contributed by atoms with Crippen LogP contribution in [0.15, 0.2) is 68.1 Å². The minimum absolute atomic E-state index is 0.644. The Kier molecular flexibility index (Phi) is 14.1. The van der Waals surface area contributed by atoms with Gasteiger partial charge in [0.05, 0.1) is 52.9 Å². The van der Waals surface area contributed by atoms with E-state index in [9.17, 15) is 0 Å². The van der Waals surface area contributed by atoms with Gasteiger partial charge in [0.25, 0.3) is 0 Å². The normalized spacial score (nSPS) is 19.2. The van der Waals surface area contributed by atoms with E-state index in [1.807, 2.05) is 47.0 Å². The molecule has 0 unspecified atom stereocenters. The van der Waals surface area contributed by atoms with Crippen molar-refractivity contribution in [3.63, 3.8) is 0 Å². The number of benzene rings is 2. The third-order valence-electron chi connectivity index (χ3n) is 4.38. The van der Waals surface area contributed by atoms with Crippen LogP contribution in [0.25, 0.3) is 0 Å². The highest BCUT2D eigenvalue weighted by atomic mass is 32.2. The van der Waals surface area contributed by atoms with Crippen LogP contribution in [-0.4, -0.2) is 75.9 Å². The third kappa shape index (κ3) is 10.7. The average Bonchev–Trinajstić information content (AvgIpc) is 2.82. The first kappa shape index (κ1) is 26.3. The maximum absolute atomic E-state index is 5.75. The number of fused-ring (bicyclic) bond motifs is 2. The standard InChI is InChI=1S/C24H32O4S4/c1-2-6-22-21(5-1)29-17-13-25-9-10-27-15-19-31-23-7-3-4-8-24(23)32-20-16-28-12-11-26-14-18-30-22/h1-8H,9-20H2. The molecular formula is C24H32O4S4. The second-order valence-electron chi connectivity index (χ2n) is 6.74. The van der Waals surface area contributed by atoms with Crippen molar-refractivity contribution in [2.24, 2.45) is 0 Å². The first-order chi connectivity index (χ1) is 15.9. The van der Waals surface area contributed by atoms with E-state index in [4.69, 9.17) is 18.9 Å². The first-order valence-corrected chi connectivity index (χ1v) is 14.9. The Morgan fingerprint density at radius 1 is 0.375 bits per heavy atom. The topological polar surface area (TPSA) is 36.9 Å². The van der Waals surface area contributed by atoms with Crippen LogP contribution in [0.5, 0.6) is 0 Å². The number of hydrogen-bond acceptors (Lipinski definition) is 8. The molecule has 8 heteroatoms. The maximum Gasteiger partial charge on any atom is 0.0700 e. The fourth-order valence-electron chi connectivity index (χ4n) is 2.86. The molecule has 0 bridgehead atoms.